The van der Waals surface area contributed by atoms with Gasteiger partial charge in [-0.3, -0.25) is 4.90 Å². The molecule has 34 heavy (non-hydrogen) atoms. The highest BCUT2D eigenvalue weighted by atomic mass is 35.5. The lowest BCUT2D eigenvalue weighted by Crippen LogP contribution is -2.33. The van der Waals surface area contributed by atoms with E-state index in [9.17, 15) is 0 Å². The zero-order chi connectivity index (χ0) is 23.3. The number of fused-ring (bicyclic) bond motifs is 1. The number of benzene rings is 2. The molecule has 1 atom stereocenters. The maximum atomic E-state index is 6.39. The Morgan fingerprint density at radius 2 is 1.97 bits per heavy atom. The van der Waals surface area contributed by atoms with Crippen LogP contribution in [0.2, 0.25) is 5.02 Å². The molecule has 3 heterocycles. The minimum atomic E-state index is 0.211. The summed E-state index contributed by atoms with van der Waals surface area (Å²) in [5, 5.41) is 0.772. The van der Waals surface area contributed by atoms with Crippen LogP contribution in [0.1, 0.15) is 43.0 Å². The number of methoxy groups -OCH3 is 1. The van der Waals surface area contributed by atoms with E-state index in [1.807, 2.05) is 12.1 Å². The number of hydrogen-bond acceptors (Lipinski definition) is 5. The van der Waals surface area contributed by atoms with Crippen molar-refractivity contribution in [1.29, 1.82) is 0 Å². The molecule has 0 aliphatic carbocycles. The molecule has 0 amide bonds. The highest BCUT2D eigenvalue weighted by Crippen LogP contribution is 2.36. The van der Waals surface area contributed by atoms with Crippen molar-refractivity contribution in [2.75, 3.05) is 40.0 Å². The molecular weight excluding hydrogens is 450 g/mol. The van der Waals surface area contributed by atoms with Gasteiger partial charge in [-0.05, 0) is 80.6 Å². The molecule has 2 aromatic carbocycles. The van der Waals surface area contributed by atoms with Gasteiger partial charge in [0.1, 0.15) is 18.2 Å². The molecule has 7 heteroatoms. The number of hydrogen-bond donors (Lipinski definition) is 0. The van der Waals surface area contributed by atoms with E-state index >= 15 is 0 Å². The van der Waals surface area contributed by atoms with Crippen LogP contribution in [0.25, 0.3) is 11.0 Å². The maximum absolute atomic E-state index is 6.39. The number of para-hydroxylation sites is 2. The van der Waals surface area contributed by atoms with Crippen LogP contribution in [-0.4, -0.2) is 60.6 Å². The number of aromatic nitrogens is 2. The first-order chi connectivity index (χ1) is 16.7. The van der Waals surface area contributed by atoms with E-state index < -0.39 is 0 Å². The monoisotopic (exact) mass is 483 g/mol. The molecule has 0 saturated carbocycles. The van der Waals surface area contributed by atoms with E-state index in [-0.39, 0.29) is 6.10 Å². The summed E-state index contributed by atoms with van der Waals surface area (Å²) in [7, 11) is 1.75. The van der Waals surface area contributed by atoms with Crippen molar-refractivity contribution in [1.82, 2.24) is 14.5 Å². The highest BCUT2D eigenvalue weighted by Gasteiger charge is 2.26. The fourth-order valence-corrected chi connectivity index (χ4v) is 5.39. The Morgan fingerprint density at radius 3 is 2.76 bits per heavy atom. The van der Waals surface area contributed by atoms with Crippen molar-refractivity contribution in [2.45, 2.75) is 50.8 Å². The molecule has 2 aliphatic rings. The largest absolute Gasteiger partial charge is 0.491 e. The molecule has 0 spiro atoms. The second-order valence-corrected chi connectivity index (χ2v) is 9.78. The topological polar surface area (TPSA) is 48.8 Å². The molecule has 182 valence electrons. The van der Waals surface area contributed by atoms with E-state index in [4.69, 9.17) is 30.8 Å². The molecule has 3 aromatic rings. The number of rotatable bonds is 9. The van der Waals surface area contributed by atoms with Crippen molar-refractivity contribution >= 4 is 22.6 Å². The fraction of sp³-hybridized carbons (Fsp3) is 0.519. The van der Waals surface area contributed by atoms with Gasteiger partial charge in [0.2, 0.25) is 0 Å². The molecule has 0 radical (unpaired) electrons. The van der Waals surface area contributed by atoms with Gasteiger partial charge in [0.05, 0.1) is 30.3 Å². The Labute approximate surface area is 206 Å². The zero-order valence-electron chi connectivity index (χ0n) is 19.9. The van der Waals surface area contributed by atoms with E-state index in [0.29, 0.717) is 19.1 Å². The molecule has 0 N–H and O–H groups in total. The van der Waals surface area contributed by atoms with Crippen LogP contribution in [0.4, 0.5) is 0 Å². The summed E-state index contributed by atoms with van der Waals surface area (Å²) in [6.45, 7) is 5.86. The number of piperidine rings is 1. The smallest absolute Gasteiger partial charge is 0.124 e. The number of imidazole rings is 1. The average molecular weight is 484 g/mol. The Balaban J connectivity index is 1.24. The van der Waals surface area contributed by atoms with Gasteiger partial charge in [0.15, 0.2) is 0 Å². The first kappa shape index (κ1) is 23.6. The second-order valence-electron chi connectivity index (χ2n) is 9.34. The summed E-state index contributed by atoms with van der Waals surface area (Å²) < 4.78 is 19.6. The highest BCUT2D eigenvalue weighted by molar-refractivity contribution is 6.30. The third kappa shape index (κ3) is 5.41. The quantitative estimate of drug-likeness (QED) is 0.414. The van der Waals surface area contributed by atoms with Crippen molar-refractivity contribution in [3.05, 3.63) is 58.9 Å². The van der Waals surface area contributed by atoms with Crippen LogP contribution in [-0.2, 0) is 22.6 Å². The number of ether oxygens (including phenoxy) is 3. The number of nitrogens with zero attached hydrogens (tertiary/aromatic N) is 3. The van der Waals surface area contributed by atoms with Crippen molar-refractivity contribution in [3.8, 4) is 5.75 Å². The van der Waals surface area contributed by atoms with Gasteiger partial charge < -0.3 is 18.8 Å². The second kappa shape index (κ2) is 11.1. The number of likely N-dealkylation sites (tertiary alicyclic amines) is 1. The molecule has 0 bridgehead atoms. The molecule has 2 fully saturated rings. The van der Waals surface area contributed by atoms with Crippen LogP contribution in [0.5, 0.6) is 5.75 Å². The van der Waals surface area contributed by atoms with E-state index in [1.165, 1.54) is 11.1 Å². The minimum absolute atomic E-state index is 0.211. The number of halogens is 1. The van der Waals surface area contributed by atoms with E-state index in [0.717, 1.165) is 80.6 Å². The predicted molar refractivity (Wildman–Crippen MR) is 135 cm³/mol. The van der Waals surface area contributed by atoms with Crippen LogP contribution in [0.15, 0.2) is 42.5 Å². The summed E-state index contributed by atoms with van der Waals surface area (Å²) in [4.78, 5) is 7.45. The predicted octanol–water partition coefficient (Wildman–Crippen LogP) is 5.27. The van der Waals surface area contributed by atoms with Gasteiger partial charge in [-0.25, -0.2) is 4.98 Å². The molecule has 1 aromatic heterocycles. The Bertz CT molecular complexity index is 1090. The summed E-state index contributed by atoms with van der Waals surface area (Å²) in [5.41, 5.74) is 3.46. The molecule has 2 aliphatic heterocycles. The summed E-state index contributed by atoms with van der Waals surface area (Å²) in [6, 6.07) is 14.4. The first-order valence-corrected chi connectivity index (χ1v) is 12.8. The SMILES string of the molecule is COCCn1c(CN2CCC(c3cc(Cl)ccc3OCC3CCCO3)CC2)nc2ccccc21. The maximum Gasteiger partial charge on any atom is 0.124 e. The Morgan fingerprint density at radius 1 is 1.12 bits per heavy atom. The summed E-state index contributed by atoms with van der Waals surface area (Å²) in [6.07, 6.45) is 4.57. The van der Waals surface area contributed by atoms with Crippen molar-refractivity contribution < 1.29 is 14.2 Å². The van der Waals surface area contributed by atoms with Gasteiger partial charge in [0, 0.05) is 25.3 Å². The lowest BCUT2D eigenvalue weighted by Gasteiger charge is -2.33. The van der Waals surface area contributed by atoms with Gasteiger partial charge in [-0.15, -0.1) is 0 Å². The third-order valence-corrected chi connectivity index (χ3v) is 7.30. The van der Waals surface area contributed by atoms with E-state index in [2.05, 4.69) is 39.8 Å². The standard InChI is InChI=1S/C27H34ClN3O3/c1-32-16-14-31-25-7-3-2-6-24(25)29-27(31)18-30-12-10-20(11-13-30)23-17-21(28)8-9-26(23)34-19-22-5-4-15-33-22/h2-3,6-9,17,20,22H,4-5,10-16,18-19H2,1H3. The summed E-state index contributed by atoms with van der Waals surface area (Å²) in [5.74, 6) is 2.52. The molecule has 1 unspecified atom stereocenters. The lowest BCUT2D eigenvalue weighted by atomic mass is 9.88. The van der Waals surface area contributed by atoms with Crippen LogP contribution < -0.4 is 4.74 Å². The van der Waals surface area contributed by atoms with Gasteiger partial charge in [-0.1, -0.05) is 23.7 Å². The van der Waals surface area contributed by atoms with Crippen LogP contribution in [0.3, 0.4) is 0 Å². The molecular formula is C27H34ClN3O3. The van der Waals surface area contributed by atoms with Crippen LogP contribution in [0, 0.1) is 0 Å². The van der Waals surface area contributed by atoms with E-state index in [1.54, 1.807) is 7.11 Å². The van der Waals surface area contributed by atoms with Crippen molar-refractivity contribution in [2.24, 2.45) is 0 Å². The van der Waals surface area contributed by atoms with Crippen LogP contribution >= 0.6 is 11.6 Å². The minimum Gasteiger partial charge on any atom is -0.491 e. The molecule has 2 saturated heterocycles. The van der Waals surface area contributed by atoms with Gasteiger partial charge in [0.25, 0.3) is 0 Å². The Kier molecular flexibility index (Phi) is 7.70. The third-order valence-electron chi connectivity index (χ3n) is 7.07. The van der Waals surface area contributed by atoms with Gasteiger partial charge >= 0.3 is 0 Å². The average Bonchev–Trinajstić information content (AvgIpc) is 3.50. The zero-order valence-corrected chi connectivity index (χ0v) is 20.7. The normalized spacial score (nSPS) is 19.8. The summed E-state index contributed by atoms with van der Waals surface area (Å²) >= 11 is 6.39. The Hall–Kier alpha value is -2.12. The molecule has 5 rings (SSSR count). The molecule has 6 nitrogen and oxygen atoms in total. The van der Waals surface area contributed by atoms with Crippen molar-refractivity contribution in [3.63, 3.8) is 0 Å². The first-order valence-electron chi connectivity index (χ1n) is 12.4. The lowest BCUT2D eigenvalue weighted by molar-refractivity contribution is 0.0672. The van der Waals surface area contributed by atoms with Gasteiger partial charge in [-0.2, -0.15) is 0 Å². The fourth-order valence-electron chi connectivity index (χ4n) is 5.21.